The Morgan fingerprint density at radius 2 is 2.38 bits per heavy atom. The highest BCUT2D eigenvalue weighted by Crippen LogP contribution is 2.16. The van der Waals surface area contributed by atoms with Gasteiger partial charge in [0, 0.05) is 39.7 Å². The normalized spacial score (nSPS) is 21.6. The third kappa shape index (κ3) is 4.00. The fourth-order valence-electron chi connectivity index (χ4n) is 2.11. The molecule has 0 aromatic rings. The molecule has 0 aliphatic carbocycles. The Balaban J connectivity index is 2.32. The van der Waals surface area contributed by atoms with Gasteiger partial charge in [-0.15, -0.1) is 0 Å². The van der Waals surface area contributed by atoms with Crippen LogP contribution in [-0.4, -0.2) is 51.3 Å². The van der Waals surface area contributed by atoms with E-state index in [9.17, 15) is 0 Å². The topological polar surface area (TPSA) is 36.9 Å². The first-order valence-electron chi connectivity index (χ1n) is 6.26. The maximum Gasteiger partial charge on any atom is 0.193 e. The van der Waals surface area contributed by atoms with E-state index < -0.39 is 0 Å². The average Bonchev–Trinajstić information content (AvgIpc) is 2.74. The zero-order valence-corrected chi connectivity index (χ0v) is 10.8. The highest BCUT2D eigenvalue weighted by atomic mass is 16.5. The van der Waals surface area contributed by atoms with Crippen LogP contribution >= 0.6 is 0 Å². The van der Waals surface area contributed by atoms with Gasteiger partial charge in [-0.05, 0) is 12.8 Å². The lowest BCUT2D eigenvalue weighted by atomic mass is 10.1. The molecule has 0 radical (unpaired) electrons. The molecule has 1 atom stereocenters. The maximum atomic E-state index is 5.20. The van der Waals surface area contributed by atoms with Gasteiger partial charge in [-0.2, -0.15) is 0 Å². The molecule has 0 bridgehead atoms. The van der Waals surface area contributed by atoms with Gasteiger partial charge in [0.25, 0.3) is 0 Å². The van der Waals surface area contributed by atoms with E-state index in [-0.39, 0.29) is 0 Å². The summed E-state index contributed by atoms with van der Waals surface area (Å²) in [5.41, 5.74) is 0. The van der Waals surface area contributed by atoms with E-state index in [2.05, 4.69) is 22.1 Å². The van der Waals surface area contributed by atoms with Crippen molar-refractivity contribution in [2.75, 3.05) is 40.4 Å². The van der Waals surface area contributed by atoms with Crippen molar-refractivity contribution >= 4 is 5.96 Å². The molecule has 1 unspecified atom stereocenters. The summed E-state index contributed by atoms with van der Waals surface area (Å²) in [7, 11) is 3.63. The Labute approximate surface area is 99.1 Å². The summed E-state index contributed by atoms with van der Waals surface area (Å²) < 4.78 is 5.20. The summed E-state index contributed by atoms with van der Waals surface area (Å²) in [5.74, 6) is 1.71. The van der Waals surface area contributed by atoms with Crippen molar-refractivity contribution in [3.8, 4) is 0 Å². The lowest BCUT2D eigenvalue weighted by molar-refractivity contribution is 0.157. The molecule has 1 aliphatic rings. The second-order valence-electron chi connectivity index (χ2n) is 4.38. The second kappa shape index (κ2) is 7.49. The Morgan fingerprint density at radius 3 is 3.00 bits per heavy atom. The molecule has 1 rings (SSSR count). The number of hydrogen-bond donors (Lipinski definition) is 1. The Kier molecular flexibility index (Phi) is 6.23. The molecule has 1 heterocycles. The van der Waals surface area contributed by atoms with Crippen LogP contribution in [0.15, 0.2) is 4.99 Å². The summed E-state index contributed by atoms with van der Waals surface area (Å²) in [6.45, 7) is 6.26. The van der Waals surface area contributed by atoms with Crippen LogP contribution in [0.1, 0.15) is 26.2 Å². The number of hydrogen-bond acceptors (Lipinski definition) is 2. The van der Waals surface area contributed by atoms with E-state index in [1.165, 1.54) is 19.3 Å². The minimum Gasteiger partial charge on any atom is -0.384 e. The molecular weight excluding hydrogens is 202 g/mol. The first-order chi connectivity index (χ1) is 7.81. The van der Waals surface area contributed by atoms with Crippen LogP contribution in [0.3, 0.4) is 0 Å². The smallest absolute Gasteiger partial charge is 0.193 e. The van der Waals surface area contributed by atoms with Gasteiger partial charge >= 0.3 is 0 Å². The number of nitrogens with zero attached hydrogens (tertiary/aromatic N) is 2. The van der Waals surface area contributed by atoms with Gasteiger partial charge in [0.15, 0.2) is 5.96 Å². The minimum atomic E-state index is 0.662. The Bertz CT molecular complexity index is 218. The first-order valence-corrected chi connectivity index (χ1v) is 6.26. The molecule has 0 spiro atoms. The largest absolute Gasteiger partial charge is 0.384 e. The van der Waals surface area contributed by atoms with E-state index in [0.29, 0.717) is 5.92 Å². The van der Waals surface area contributed by atoms with Crippen molar-refractivity contribution < 1.29 is 4.74 Å². The number of rotatable bonds is 5. The quantitative estimate of drug-likeness (QED) is 0.437. The van der Waals surface area contributed by atoms with Gasteiger partial charge in [0.2, 0.25) is 0 Å². The average molecular weight is 227 g/mol. The molecule has 1 saturated heterocycles. The van der Waals surface area contributed by atoms with Crippen LogP contribution in [0.4, 0.5) is 0 Å². The van der Waals surface area contributed by atoms with E-state index >= 15 is 0 Å². The van der Waals surface area contributed by atoms with E-state index in [1.54, 1.807) is 7.11 Å². The van der Waals surface area contributed by atoms with Gasteiger partial charge in [-0.3, -0.25) is 4.99 Å². The van der Waals surface area contributed by atoms with Crippen LogP contribution in [0.5, 0.6) is 0 Å². The third-order valence-electron chi connectivity index (χ3n) is 3.01. The Morgan fingerprint density at radius 1 is 1.56 bits per heavy atom. The van der Waals surface area contributed by atoms with E-state index in [1.807, 2.05) is 7.05 Å². The fourth-order valence-corrected chi connectivity index (χ4v) is 2.11. The number of guanidine groups is 1. The zero-order chi connectivity index (χ0) is 11.8. The third-order valence-corrected chi connectivity index (χ3v) is 3.01. The monoisotopic (exact) mass is 227 g/mol. The van der Waals surface area contributed by atoms with E-state index in [4.69, 9.17) is 4.74 Å². The molecule has 0 aromatic heterocycles. The molecular formula is C12H25N3O. The summed E-state index contributed by atoms with van der Waals surface area (Å²) in [6, 6.07) is 0. The van der Waals surface area contributed by atoms with Crippen molar-refractivity contribution in [3.63, 3.8) is 0 Å². The minimum absolute atomic E-state index is 0.662. The molecule has 1 aliphatic heterocycles. The molecule has 0 amide bonds. The molecule has 16 heavy (non-hydrogen) atoms. The molecule has 1 N–H and O–H groups in total. The van der Waals surface area contributed by atoms with Crippen LogP contribution in [0, 0.1) is 5.92 Å². The van der Waals surface area contributed by atoms with Gasteiger partial charge in [0.1, 0.15) is 0 Å². The van der Waals surface area contributed by atoms with Gasteiger partial charge < -0.3 is 15.0 Å². The summed E-state index contributed by atoms with van der Waals surface area (Å²) in [6.07, 6.45) is 3.63. The summed E-state index contributed by atoms with van der Waals surface area (Å²) in [5, 5.41) is 3.41. The predicted octanol–water partition coefficient (Wildman–Crippen LogP) is 1.33. The SMILES string of the molecule is CCCCNC(=NC)N1CCC(COC)C1. The van der Waals surface area contributed by atoms with Crippen molar-refractivity contribution in [2.45, 2.75) is 26.2 Å². The lowest BCUT2D eigenvalue weighted by Gasteiger charge is -2.21. The highest BCUT2D eigenvalue weighted by molar-refractivity contribution is 5.80. The maximum absolute atomic E-state index is 5.20. The second-order valence-corrected chi connectivity index (χ2v) is 4.38. The molecule has 4 heteroatoms. The molecule has 94 valence electrons. The molecule has 0 saturated carbocycles. The summed E-state index contributed by atoms with van der Waals surface area (Å²) in [4.78, 5) is 6.66. The number of likely N-dealkylation sites (tertiary alicyclic amines) is 1. The number of ether oxygens (including phenoxy) is 1. The van der Waals surface area contributed by atoms with Crippen molar-refractivity contribution in [1.29, 1.82) is 0 Å². The number of unbranched alkanes of at least 4 members (excludes halogenated alkanes) is 1. The Hall–Kier alpha value is -0.770. The zero-order valence-electron chi connectivity index (χ0n) is 10.8. The van der Waals surface area contributed by atoms with Gasteiger partial charge in [-0.25, -0.2) is 0 Å². The predicted molar refractivity (Wildman–Crippen MR) is 67.8 cm³/mol. The van der Waals surface area contributed by atoms with Crippen LogP contribution < -0.4 is 5.32 Å². The van der Waals surface area contributed by atoms with Gasteiger partial charge in [-0.1, -0.05) is 13.3 Å². The van der Waals surface area contributed by atoms with Crippen LogP contribution in [-0.2, 0) is 4.74 Å². The number of aliphatic imine (C=N–C) groups is 1. The number of methoxy groups -OCH3 is 1. The number of nitrogens with one attached hydrogen (secondary N) is 1. The van der Waals surface area contributed by atoms with Crippen LogP contribution in [0.2, 0.25) is 0 Å². The molecule has 0 aromatic carbocycles. The van der Waals surface area contributed by atoms with E-state index in [0.717, 1.165) is 32.2 Å². The van der Waals surface area contributed by atoms with Crippen molar-refractivity contribution in [3.05, 3.63) is 0 Å². The van der Waals surface area contributed by atoms with Gasteiger partial charge in [0.05, 0.1) is 6.61 Å². The van der Waals surface area contributed by atoms with Crippen molar-refractivity contribution in [1.82, 2.24) is 10.2 Å². The lowest BCUT2D eigenvalue weighted by Crippen LogP contribution is -2.40. The highest BCUT2D eigenvalue weighted by Gasteiger charge is 2.24. The standard InChI is InChI=1S/C12H25N3O/c1-4-5-7-14-12(13-2)15-8-6-11(9-15)10-16-3/h11H,4-10H2,1-3H3,(H,13,14). The van der Waals surface area contributed by atoms with Crippen molar-refractivity contribution in [2.24, 2.45) is 10.9 Å². The van der Waals surface area contributed by atoms with Crippen LogP contribution in [0.25, 0.3) is 0 Å². The first kappa shape index (κ1) is 13.3. The molecule has 4 nitrogen and oxygen atoms in total. The summed E-state index contributed by atoms with van der Waals surface area (Å²) >= 11 is 0. The fraction of sp³-hybridized carbons (Fsp3) is 0.917. The molecule has 1 fully saturated rings.